The Morgan fingerprint density at radius 3 is 2.00 bits per heavy atom. The summed E-state index contributed by atoms with van der Waals surface area (Å²) in [4.78, 5) is 0. The molecule has 0 heteroatoms. The number of hydrogen-bond acceptors (Lipinski definition) is 0. The van der Waals surface area contributed by atoms with Crippen molar-refractivity contribution in [1.29, 1.82) is 0 Å². The van der Waals surface area contributed by atoms with Gasteiger partial charge in [0.2, 0.25) is 0 Å². The fraction of sp³-hybridized carbons (Fsp3) is 0.917. The smallest absolute Gasteiger partial charge is 0.0352 e. The molecule has 0 aliphatic heterocycles. The van der Waals surface area contributed by atoms with Gasteiger partial charge in [0.05, 0.1) is 0 Å². The summed E-state index contributed by atoms with van der Waals surface area (Å²) < 4.78 is 0. The molecular weight excluding hydrogens is 144 g/mol. The highest BCUT2D eigenvalue weighted by atomic mass is 14.3. The van der Waals surface area contributed by atoms with E-state index in [1.54, 1.807) is 0 Å². The number of rotatable bonds is 5. The Labute approximate surface area is 78.8 Å². The molecule has 0 heterocycles. The topological polar surface area (TPSA) is 0 Å². The third-order valence-corrected chi connectivity index (χ3v) is 3.17. The molecule has 0 saturated heterocycles. The normalized spacial score (nSPS) is 17.5. The lowest BCUT2D eigenvalue weighted by atomic mass is 9.77. The largest absolute Gasteiger partial charge is 0.0651 e. The van der Waals surface area contributed by atoms with Gasteiger partial charge >= 0.3 is 0 Å². The highest BCUT2D eigenvalue weighted by molar-refractivity contribution is 4.74. The molecule has 73 valence electrons. The molecule has 0 amide bonds. The van der Waals surface area contributed by atoms with Gasteiger partial charge in [-0.1, -0.05) is 48.0 Å². The minimum atomic E-state index is 0.433. The van der Waals surface area contributed by atoms with Crippen LogP contribution in [0.15, 0.2) is 0 Å². The Hall–Kier alpha value is 0. The fourth-order valence-corrected chi connectivity index (χ4v) is 1.58. The average Bonchev–Trinajstić information content (AvgIpc) is 2.02. The Morgan fingerprint density at radius 1 is 1.17 bits per heavy atom. The minimum Gasteiger partial charge on any atom is -0.0651 e. The molecule has 12 heavy (non-hydrogen) atoms. The van der Waals surface area contributed by atoms with Crippen LogP contribution in [-0.4, -0.2) is 0 Å². The third kappa shape index (κ3) is 4.13. The van der Waals surface area contributed by atoms with Crippen molar-refractivity contribution in [2.24, 2.45) is 17.3 Å². The van der Waals surface area contributed by atoms with Gasteiger partial charge in [-0.25, -0.2) is 0 Å². The zero-order valence-electron chi connectivity index (χ0n) is 9.48. The lowest BCUT2D eigenvalue weighted by Crippen LogP contribution is -2.18. The van der Waals surface area contributed by atoms with Crippen LogP contribution >= 0.6 is 0 Å². The predicted octanol–water partition coefficient (Wildman–Crippen LogP) is 4.31. The van der Waals surface area contributed by atoms with Crippen LogP contribution in [0.5, 0.6) is 0 Å². The van der Waals surface area contributed by atoms with E-state index < -0.39 is 0 Å². The van der Waals surface area contributed by atoms with Crippen molar-refractivity contribution in [3.63, 3.8) is 0 Å². The Balaban J connectivity index is 3.90. The zero-order valence-corrected chi connectivity index (χ0v) is 9.48. The van der Waals surface area contributed by atoms with Gasteiger partial charge in [0.1, 0.15) is 0 Å². The molecule has 0 bridgehead atoms. The molecule has 0 fully saturated rings. The van der Waals surface area contributed by atoms with E-state index in [0.29, 0.717) is 5.41 Å². The maximum atomic E-state index is 4.00. The molecule has 0 spiro atoms. The van der Waals surface area contributed by atoms with Crippen LogP contribution in [0.1, 0.15) is 53.9 Å². The van der Waals surface area contributed by atoms with Crippen molar-refractivity contribution in [2.45, 2.75) is 53.9 Å². The van der Waals surface area contributed by atoms with Crippen molar-refractivity contribution < 1.29 is 0 Å². The first-order chi connectivity index (χ1) is 5.43. The van der Waals surface area contributed by atoms with Gasteiger partial charge in [0.25, 0.3) is 0 Å². The maximum Gasteiger partial charge on any atom is -0.0352 e. The Kier molecular flexibility index (Phi) is 4.89. The molecule has 0 saturated carbocycles. The molecule has 0 aromatic rings. The van der Waals surface area contributed by atoms with E-state index >= 15 is 0 Å². The van der Waals surface area contributed by atoms with Gasteiger partial charge in [-0.3, -0.25) is 0 Å². The van der Waals surface area contributed by atoms with Crippen LogP contribution in [0.3, 0.4) is 0 Å². The van der Waals surface area contributed by atoms with E-state index in [4.69, 9.17) is 0 Å². The van der Waals surface area contributed by atoms with Crippen LogP contribution < -0.4 is 0 Å². The van der Waals surface area contributed by atoms with E-state index in [9.17, 15) is 0 Å². The summed E-state index contributed by atoms with van der Waals surface area (Å²) in [5.74, 6) is 1.70. The molecular formula is C12H25. The van der Waals surface area contributed by atoms with Gasteiger partial charge in [0.15, 0.2) is 0 Å². The molecule has 0 aliphatic rings. The van der Waals surface area contributed by atoms with E-state index in [1.165, 1.54) is 12.8 Å². The highest BCUT2D eigenvalue weighted by Crippen LogP contribution is 2.32. The summed E-state index contributed by atoms with van der Waals surface area (Å²) in [7, 11) is 0. The van der Waals surface area contributed by atoms with Crippen molar-refractivity contribution in [3.8, 4) is 0 Å². The van der Waals surface area contributed by atoms with Crippen LogP contribution in [-0.2, 0) is 0 Å². The molecule has 0 N–H and O–H groups in total. The first-order valence-electron chi connectivity index (χ1n) is 5.22. The first-order valence-corrected chi connectivity index (χ1v) is 5.22. The molecule has 0 nitrogen and oxygen atoms in total. The molecule has 2 unspecified atom stereocenters. The first kappa shape index (κ1) is 12.0. The van der Waals surface area contributed by atoms with Gasteiger partial charge in [-0.05, 0) is 30.1 Å². The van der Waals surface area contributed by atoms with Gasteiger partial charge in [0, 0.05) is 0 Å². The van der Waals surface area contributed by atoms with Crippen LogP contribution in [0.25, 0.3) is 0 Å². The molecule has 0 aliphatic carbocycles. The molecule has 0 aromatic heterocycles. The van der Waals surface area contributed by atoms with E-state index in [0.717, 1.165) is 18.3 Å². The van der Waals surface area contributed by atoms with Gasteiger partial charge in [-0.15, -0.1) is 0 Å². The quantitative estimate of drug-likeness (QED) is 0.575. The molecule has 1 radical (unpaired) electrons. The van der Waals surface area contributed by atoms with Crippen molar-refractivity contribution in [2.75, 3.05) is 0 Å². The van der Waals surface area contributed by atoms with Gasteiger partial charge < -0.3 is 0 Å². The van der Waals surface area contributed by atoms with Crippen LogP contribution in [0.4, 0.5) is 0 Å². The zero-order chi connectivity index (χ0) is 9.78. The predicted molar refractivity (Wildman–Crippen MR) is 57.0 cm³/mol. The minimum absolute atomic E-state index is 0.433. The van der Waals surface area contributed by atoms with E-state index in [2.05, 4.69) is 41.5 Å². The monoisotopic (exact) mass is 169 g/mol. The summed E-state index contributed by atoms with van der Waals surface area (Å²) in [6.45, 7) is 15.6. The molecule has 0 aromatic carbocycles. The fourth-order valence-electron chi connectivity index (χ4n) is 1.58. The van der Waals surface area contributed by atoms with E-state index in [-0.39, 0.29) is 0 Å². The summed E-state index contributed by atoms with van der Waals surface area (Å²) in [6, 6.07) is 0. The lowest BCUT2D eigenvalue weighted by molar-refractivity contribution is 0.227. The summed E-state index contributed by atoms with van der Waals surface area (Å²) in [5.41, 5.74) is 0.433. The van der Waals surface area contributed by atoms with Crippen molar-refractivity contribution >= 4 is 0 Å². The molecule has 2 atom stereocenters. The Morgan fingerprint density at radius 2 is 1.67 bits per heavy atom. The Bertz CT molecular complexity index is 113. The summed E-state index contributed by atoms with van der Waals surface area (Å²) >= 11 is 0. The SMILES string of the molecule is [CH2]CC(C)(C)CC(C)C(C)CC. The van der Waals surface area contributed by atoms with Crippen molar-refractivity contribution in [3.05, 3.63) is 6.92 Å². The van der Waals surface area contributed by atoms with Gasteiger partial charge in [-0.2, -0.15) is 0 Å². The standard InChI is InChI=1S/C12H25/c1-7-10(3)11(4)9-12(5,6)8-2/h10-11H,2,7-9H2,1,3-6H3. The second-order valence-electron chi connectivity index (χ2n) is 4.98. The third-order valence-electron chi connectivity index (χ3n) is 3.17. The highest BCUT2D eigenvalue weighted by Gasteiger charge is 2.21. The lowest BCUT2D eigenvalue weighted by Gasteiger charge is -2.29. The summed E-state index contributed by atoms with van der Waals surface area (Å²) in [5, 5.41) is 0. The maximum absolute atomic E-state index is 4.00. The van der Waals surface area contributed by atoms with Crippen LogP contribution in [0.2, 0.25) is 0 Å². The van der Waals surface area contributed by atoms with Crippen molar-refractivity contribution in [1.82, 2.24) is 0 Å². The second-order valence-corrected chi connectivity index (χ2v) is 4.98. The summed E-state index contributed by atoms with van der Waals surface area (Å²) in [6.07, 6.45) is 3.66. The average molecular weight is 169 g/mol. The number of hydrogen-bond donors (Lipinski definition) is 0. The second kappa shape index (κ2) is 4.89. The van der Waals surface area contributed by atoms with E-state index in [1.807, 2.05) is 0 Å². The van der Waals surface area contributed by atoms with Crippen LogP contribution in [0, 0.1) is 24.2 Å². The molecule has 0 rings (SSSR count).